The Morgan fingerprint density at radius 3 is 2.58 bits per heavy atom. The van der Waals surface area contributed by atoms with Gasteiger partial charge in [0.1, 0.15) is 11.6 Å². The van der Waals surface area contributed by atoms with Crippen LogP contribution in [-0.4, -0.2) is 37.7 Å². The average Bonchev–Trinajstić information content (AvgIpc) is 2.37. The third kappa shape index (κ3) is 4.52. The van der Waals surface area contributed by atoms with E-state index in [0.717, 1.165) is 0 Å². The highest BCUT2D eigenvalue weighted by molar-refractivity contribution is 5.71. The molecule has 0 bridgehead atoms. The summed E-state index contributed by atoms with van der Waals surface area (Å²) in [4.78, 5) is 13.3. The molecule has 1 rings (SSSR count). The monoisotopic (exact) mass is 269 g/mol. The van der Waals surface area contributed by atoms with Crippen molar-refractivity contribution in [1.82, 2.24) is 4.90 Å². The van der Waals surface area contributed by atoms with Gasteiger partial charge in [-0.2, -0.15) is 0 Å². The molecule has 19 heavy (non-hydrogen) atoms. The molecule has 0 aliphatic rings. The van der Waals surface area contributed by atoms with E-state index in [4.69, 9.17) is 4.74 Å². The Balaban J connectivity index is 2.89. The summed E-state index contributed by atoms with van der Waals surface area (Å²) in [6.07, 6.45) is 0. The molecule has 4 nitrogen and oxygen atoms in total. The zero-order chi connectivity index (χ0) is 14.4. The van der Waals surface area contributed by atoms with E-state index in [9.17, 15) is 9.18 Å². The lowest BCUT2D eigenvalue weighted by Gasteiger charge is -2.25. The Bertz CT molecular complexity index is 435. The Morgan fingerprint density at radius 2 is 2.05 bits per heavy atom. The zero-order valence-electron chi connectivity index (χ0n) is 11.8. The maximum Gasteiger partial charge on any atom is 0.319 e. The molecule has 0 N–H and O–H groups in total. The van der Waals surface area contributed by atoms with Crippen molar-refractivity contribution in [3.8, 4) is 5.75 Å². The minimum Gasteiger partial charge on any atom is -0.496 e. The van der Waals surface area contributed by atoms with Gasteiger partial charge < -0.3 is 9.47 Å². The van der Waals surface area contributed by atoms with Gasteiger partial charge in [-0.25, -0.2) is 4.39 Å². The fourth-order valence-corrected chi connectivity index (χ4v) is 1.74. The van der Waals surface area contributed by atoms with E-state index in [1.807, 2.05) is 18.7 Å². The zero-order valence-corrected chi connectivity index (χ0v) is 11.8. The van der Waals surface area contributed by atoms with E-state index in [0.29, 0.717) is 17.9 Å². The van der Waals surface area contributed by atoms with Crippen LogP contribution in [0.25, 0.3) is 0 Å². The SMILES string of the molecule is COC(=O)CN(Cc1cc(F)ccc1OC)C(C)C. The van der Waals surface area contributed by atoms with Crippen LogP contribution in [0.5, 0.6) is 5.75 Å². The second-order valence-electron chi connectivity index (χ2n) is 4.53. The van der Waals surface area contributed by atoms with Crippen LogP contribution in [0.15, 0.2) is 18.2 Å². The minimum absolute atomic E-state index is 0.132. The molecule has 0 amide bonds. The van der Waals surface area contributed by atoms with E-state index >= 15 is 0 Å². The van der Waals surface area contributed by atoms with E-state index < -0.39 is 0 Å². The molecule has 0 heterocycles. The number of hydrogen-bond acceptors (Lipinski definition) is 4. The molecule has 0 saturated carbocycles. The summed E-state index contributed by atoms with van der Waals surface area (Å²) in [5, 5.41) is 0. The van der Waals surface area contributed by atoms with E-state index in [-0.39, 0.29) is 24.4 Å². The largest absolute Gasteiger partial charge is 0.496 e. The molecule has 0 aliphatic carbocycles. The maximum absolute atomic E-state index is 13.3. The predicted octanol–water partition coefficient (Wildman–Crippen LogP) is 2.22. The Hall–Kier alpha value is -1.62. The van der Waals surface area contributed by atoms with Crippen LogP contribution in [0.2, 0.25) is 0 Å². The van der Waals surface area contributed by atoms with E-state index in [1.54, 1.807) is 6.07 Å². The van der Waals surface area contributed by atoms with Gasteiger partial charge in [0, 0.05) is 18.2 Å². The van der Waals surface area contributed by atoms with Crippen LogP contribution in [0.4, 0.5) is 4.39 Å². The van der Waals surface area contributed by atoms with Crippen molar-refractivity contribution in [1.29, 1.82) is 0 Å². The van der Waals surface area contributed by atoms with Gasteiger partial charge in [-0.3, -0.25) is 9.69 Å². The molecule has 0 aromatic heterocycles. The molecular weight excluding hydrogens is 249 g/mol. The van der Waals surface area contributed by atoms with Crippen molar-refractivity contribution in [2.45, 2.75) is 26.4 Å². The summed E-state index contributed by atoms with van der Waals surface area (Å²) in [6.45, 7) is 4.52. The number of methoxy groups -OCH3 is 2. The first kappa shape index (κ1) is 15.4. The number of benzene rings is 1. The van der Waals surface area contributed by atoms with Gasteiger partial charge in [-0.05, 0) is 32.0 Å². The molecule has 1 aromatic carbocycles. The smallest absolute Gasteiger partial charge is 0.319 e. The lowest BCUT2D eigenvalue weighted by Crippen LogP contribution is -2.35. The number of hydrogen-bond donors (Lipinski definition) is 0. The van der Waals surface area contributed by atoms with Crippen molar-refractivity contribution in [3.05, 3.63) is 29.6 Å². The molecule has 0 fully saturated rings. The van der Waals surface area contributed by atoms with Gasteiger partial charge in [0.2, 0.25) is 0 Å². The average molecular weight is 269 g/mol. The van der Waals surface area contributed by atoms with Crippen molar-refractivity contribution in [3.63, 3.8) is 0 Å². The number of rotatable bonds is 6. The van der Waals surface area contributed by atoms with Crippen LogP contribution < -0.4 is 4.74 Å². The summed E-state index contributed by atoms with van der Waals surface area (Å²) < 4.78 is 23.2. The topological polar surface area (TPSA) is 38.8 Å². The van der Waals surface area contributed by atoms with Crippen LogP contribution >= 0.6 is 0 Å². The second kappa shape index (κ2) is 7.09. The van der Waals surface area contributed by atoms with Crippen molar-refractivity contribution in [2.75, 3.05) is 20.8 Å². The van der Waals surface area contributed by atoms with Crippen LogP contribution in [0.1, 0.15) is 19.4 Å². The van der Waals surface area contributed by atoms with Crippen LogP contribution in [0.3, 0.4) is 0 Å². The molecule has 5 heteroatoms. The summed E-state index contributed by atoms with van der Waals surface area (Å²) in [5.41, 5.74) is 0.708. The fourth-order valence-electron chi connectivity index (χ4n) is 1.74. The Labute approximate surface area is 113 Å². The van der Waals surface area contributed by atoms with Gasteiger partial charge >= 0.3 is 5.97 Å². The standard InChI is InChI=1S/C14H20FNO3/c1-10(2)16(9-14(17)19-4)8-11-7-12(15)5-6-13(11)18-3/h5-7,10H,8-9H2,1-4H3. The highest BCUT2D eigenvalue weighted by Gasteiger charge is 2.17. The minimum atomic E-state index is -0.322. The van der Waals surface area contributed by atoms with Crippen molar-refractivity contribution in [2.24, 2.45) is 0 Å². The molecule has 106 valence electrons. The molecular formula is C14H20FNO3. The number of esters is 1. The molecule has 0 aliphatic heterocycles. The lowest BCUT2D eigenvalue weighted by atomic mass is 10.1. The first-order valence-corrected chi connectivity index (χ1v) is 6.11. The van der Waals surface area contributed by atoms with E-state index in [1.165, 1.54) is 26.4 Å². The van der Waals surface area contributed by atoms with Gasteiger partial charge in [0.15, 0.2) is 0 Å². The van der Waals surface area contributed by atoms with Gasteiger partial charge in [0.05, 0.1) is 20.8 Å². The highest BCUT2D eigenvalue weighted by Crippen LogP contribution is 2.21. The number of carbonyl (C=O) groups is 1. The third-order valence-corrected chi connectivity index (χ3v) is 2.91. The molecule has 0 spiro atoms. The Kier molecular flexibility index (Phi) is 5.76. The van der Waals surface area contributed by atoms with Crippen LogP contribution in [-0.2, 0) is 16.1 Å². The number of nitrogens with zero attached hydrogens (tertiary/aromatic N) is 1. The summed E-state index contributed by atoms with van der Waals surface area (Å²) in [6, 6.07) is 4.49. The summed E-state index contributed by atoms with van der Waals surface area (Å²) in [7, 11) is 2.89. The van der Waals surface area contributed by atoms with Gasteiger partial charge in [-0.1, -0.05) is 0 Å². The first-order chi connectivity index (χ1) is 8.97. The molecule has 1 aromatic rings. The molecule has 0 atom stereocenters. The van der Waals surface area contributed by atoms with Crippen molar-refractivity contribution >= 4 is 5.97 Å². The third-order valence-electron chi connectivity index (χ3n) is 2.91. The van der Waals surface area contributed by atoms with Crippen molar-refractivity contribution < 1.29 is 18.7 Å². The van der Waals surface area contributed by atoms with E-state index in [2.05, 4.69) is 4.74 Å². The van der Waals surface area contributed by atoms with Gasteiger partial charge in [0.25, 0.3) is 0 Å². The summed E-state index contributed by atoms with van der Waals surface area (Å²) >= 11 is 0. The number of ether oxygens (including phenoxy) is 2. The molecule has 0 saturated heterocycles. The Morgan fingerprint density at radius 1 is 1.37 bits per heavy atom. The summed E-state index contributed by atoms with van der Waals surface area (Å²) in [5.74, 6) is -0.0291. The predicted molar refractivity (Wildman–Crippen MR) is 70.5 cm³/mol. The van der Waals surface area contributed by atoms with Crippen LogP contribution in [0, 0.1) is 5.82 Å². The maximum atomic E-state index is 13.3. The molecule has 0 radical (unpaired) electrons. The van der Waals surface area contributed by atoms with Gasteiger partial charge in [-0.15, -0.1) is 0 Å². The normalized spacial score (nSPS) is 10.9. The highest BCUT2D eigenvalue weighted by atomic mass is 19.1. The second-order valence-corrected chi connectivity index (χ2v) is 4.53. The quantitative estimate of drug-likeness (QED) is 0.742. The number of carbonyl (C=O) groups excluding carboxylic acids is 1. The first-order valence-electron chi connectivity index (χ1n) is 6.11. The lowest BCUT2D eigenvalue weighted by molar-refractivity contribution is -0.142. The molecule has 0 unspecified atom stereocenters. The number of halogens is 1. The fraction of sp³-hybridized carbons (Fsp3) is 0.500.